The number of aryl methyl sites for hydroxylation is 1. The van der Waals surface area contributed by atoms with E-state index in [9.17, 15) is 4.79 Å². The highest BCUT2D eigenvalue weighted by Gasteiger charge is 2.72. The average molecular weight is 386 g/mol. The van der Waals surface area contributed by atoms with Crippen molar-refractivity contribution in [3.63, 3.8) is 0 Å². The fourth-order valence-corrected chi connectivity index (χ4v) is 6.16. The van der Waals surface area contributed by atoms with Crippen LogP contribution >= 0.6 is 0 Å². The molecule has 3 fully saturated rings. The molecule has 0 bridgehead atoms. The third-order valence-corrected chi connectivity index (χ3v) is 8.11. The number of hydrogen-bond donors (Lipinski definition) is 1. The minimum Gasteiger partial charge on any atom is -0.346 e. The van der Waals surface area contributed by atoms with Gasteiger partial charge in [-0.3, -0.25) is 4.79 Å². The summed E-state index contributed by atoms with van der Waals surface area (Å²) in [6.07, 6.45) is 7.02. The summed E-state index contributed by atoms with van der Waals surface area (Å²) in [4.78, 5) is 24.0. The summed E-state index contributed by atoms with van der Waals surface area (Å²) in [5, 5.41) is 1.21. The largest absolute Gasteiger partial charge is 0.346 e. The van der Waals surface area contributed by atoms with Crippen molar-refractivity contribution >= 4 is 16.9 Å². The Kier molecular flexibility index (Phi) is 3.15. The Balaban J connectivity index is 1.34. The second-order valence-corrected chi connectivity index (χ2v) is 10.1. The minimum absolute atomic E-state index is 0.0180. The molecule has 4 nitrogen and oxygen atoms in total. The Morgan fingerprint density at radius 1 is 1.21 bits per heavy atom. The topological polar surface area (TPSA) is 49.0 Å². The molecule has 2 aromatic heterocycles. The van der Waals surface area contributed by atoms with Gasteiger partial charge in [-0.1, -0.05) is 43.7 Å². The Hall–Kier alpha value is -2.62. The van der Waals surface area contributed by atoms with Gasteiger partial charge in [-0.25, -0.2) is 4.98 Å². The standard InChI is InChI=1S/C25H27N3O/c1-16-6-8-17(9-7-16)25(15-23(25,2)3)22(29)28-12-10-24(13-20(24)28)19-14-27-21-18(19)5-4-11-26-21/h4-9,11,14,20H,10,12-13,15H2,1-3H3,(H,26,27). The number of aromatic nitrogens is 2. The lowest BCUT2D eigenvalue weighted by molar-refractivity contribution is -0.134. The number of hydrogen-bond acceptors (Lipinski definition) is 2. The first-order valence-corrected chi connectivity index (χ1v) is 10.7. The fraction of sp³-hybridized carbons (Fsp3) is 0.440. The molecule has 6 rings (SSSR count). The van der Waals surface area contributed by atoms with Crippen LogP contribution in [0.25, 0.3) is 11.0 Å². The maximum Gasteiger partial charge on any atom is 0.234 e. The Morgan fingerprint density at radius 2 is 1.97 bits per heavy atom. The van der Waals surface area contributed by atoms with Gasteiger partial charge >= 0.3 is 0 Å². The maximum atomic E-state index is 13.9. The number of rotatable bonds is 3. The van der Waals surface area contributed by atoms with Crippen molar-refractivity contribution in [2.24, 2.45) is 5.41 Å². The van der Waals surface area contributed by atoms with Gasteiger partial charge in [-0.05, 0) is 54.9 Å². The third-order valence-electron chi connectivity index (χ3n) is 8.11. The van der Waals surface area contributed by atoms with Crippen molar-refractivity contribution in [1.29, 1.82) is 0 Å². The van der Waals surface area contributed by atoms with E-state index in [-0.39, 0.29) is 16.2 Å². The summed E-state index contributed by atoms with van der Waals surface area (Å²) in [5.41, 5.74) is 4.50. The van der Waals surface area contributed by atoms with Gasteiger partial charge in [0.1, 0.15) is 5.65 Å². The van der Waals surface area contributed by atoms with Gasteiger partial charge in [0.25, 0.3) is 0 Å². The van der Waals surface area contributed by atoms with Crippen LogP contribution in [0.5, 0.6) is 0 Å². The number of piperidine rings is 1. The van der Waals surface area contributed by atoms with Gasteiger partial charge in [-0.2, -0.15) is 0 Å². The van der Waals surface area contributed by atoms with Crippen LogP contribution in [-0.2, 0) is 15.6 Å². The molecule has 3 atom stereocenters. The molecular formula is C25H27N3O. The van der Waals surface area contributed by atoms with Gasteiger partial charge < -0.3 is 9.88 Å². The molecule has 3 unspecified atom stereocenters. The summed E-state index contributed by atoms with van der Waals surface area (Å²) in [7, 11) is 0. The van der Waals surface area contributed by atoms with Gasteiger partial charge in [0, 0.05) is 35.8 Å². The van der Waals surface area contributed by atoms with E-state index >= 15 is 0 Å². The van der Waals surface area contributed by atoms with Crippen molar-refractivity contribution in [1.82, 2.24) is 14.9 Å². The SMILES string of the molecule is Cc1ccc(C2(C(=O)N3CCC4(c5c[nH]c6ncccc56)CC34)CC2(C)C)cc1. The quantitative estimate of drug-likeness (QED) is 0.723. The van der Waals surface area contributed by atoms with Crippen LogP contribution < -0.4 is 0 Å². The number of aromatic amines is 1. The van der Waals surface area contributed by atoms with Crippen molar-refractivity contribution in [2.75, 3.05) is 6.54 Å². The number of H-pyrrole nitrogens is 1. The lowest BCUT2D eigenvalue weighted by Crippen LogP contribution is -2.41. The normalized spacial score (nSPS) is 31.7. The number of carbonyl (C=O) groups excluding carboxylic acids is 1. The molecule has 0 radical (unpaired) electrons. The Bertz CT molecular complexity index is 1140. The second kappa shape index (κ2) is 5.29. The number of nitrogens with one attached hydrogen (secondary N) is 1. The summed E-state index contributed by atoms with van der Waals surface area (Å²) < 4.78 is 0. The number of fused-ring (bicyclic) bond motifs is 2. The highest BCUT2D eigenvalue weighted by atomic mass is 16.2. The number of likely N-dealkylation sites (tertiary alicyclic amines) is 1. The lowest BCUT2D eigenvalue weighted by Gasteiger charge is -2.28. The summed E-state index contributed by atoms with van der Waals surface area (Å²) in [5.74, 6) is 0.341. The number of amides is 1. The number of benzene rings is 1. The molecule has 0 spiro atoms. The highest BCUT2D eigenvalue weighted by molar-refractivity contribution is 5.94. The van der Waals surface area contributed by atoms with Gasteiger partial charge in [0.15, 0.2) is 0 Å². The minimum atomic E-state index is -0.360. The molecule has 1 amide bonds. The zero-order valence-corrected chi connectivity index (χ0v) is 17.3. The van der Waals surface area contributed by atoms with E-state index < -0.39 is 0 Å². The monoisotopic (exact) mass is 385 g/mol. The van der Waals surface area contributed by atoms with Gasteiger partial charge in [-0.15, -0.1) is 0 Å². The number of pyridine rings is 1. The predicted molar refractivity (Wildman–Crippen MR) is 114 cm³/mol. The zero-order valence-electron chi connectivity index (χ0n) is 17.3. The molecule has 2 aliphatic carbocycles. The summed E-state index contributed by atoms with van der Waals surface area (Å²) in [6, 6.07) is 13.1. The van der Waals surface area contributed by atoms with Crippen LogP contribution in [0, 0.1) is 12.3 Å². The molecule has 3 aromatic rings. The molecule has 4 heteroatoms. The Labute approximate surface area is 171 Å². The van der Waals surface area contributed by atoms with Crippen LogP contribution in [0.4, 0.5) is 0 Å². The summed E-state index contributed by atoms with van der Waals surface area (Å²) >= 11 is 0. The predicted octanol–water partition coefficient (Wildman–Crippen LogP) is 4.48. The third kappa shape index (κ3) is 2.09. The molecule has 1 N–H and O–H groups in total. The fourth-order valence-electron chi connectivity index (χ4n) is 6.16. The van der Waals surface area contributed by atoms with Crippen molar-refractivity contribution in [3.8, 4) is 0 Å². The number of carbonyl (C=O) groups is 1. The van der Waals surface area contributed by atoms with Crippen molar-refractivity contribution in [3.05, 3.63) is 65.5 Å². The summed E-state index contributed by atoms with van der Waals surface area (Å²) in [6.45, 7) is 7.45. The first-order valence-electron chi connectivity index (χ1n) is 10.7. The molecular weight excluding hydrogens is 358 g/mol. The Morgan fingerprint density at radius 3 is 2.66 bits per heavy atom. The van der Waals surface area contributed by atoms with E-state index in [4.69, 9.17) is 0 Å². The smallest absolute Gasteiger partial charge is 0.234 e. The zero-order chi connectivity index (χ0) is 20.0. The van der Waals surface area contributed by atoms with Gasteiger partial charge in [0.2, 0.25) is 5.91 Å². The molecule has 1 aromatic carbocycles. The van der Waals surface area contributed by atoms with E-state index in [1.165, 1.54) is 22.1 Å². The average Bonchev–Trinajstić information content (AvgIpc) is 3.41. The van der Waals surface area contributed by atoms with Crippen LogP contribution in [0.1, 0.15) is 49.8 Å². The first kappa shape index (κ1) is 17.3. The van der Waals surface area contributed by atoms with E-state index in [1.807, 2.05) is 12.3 Å². The van der Waals surface area contributed by atoms with E-state index in [0.29, 0.717) is 11.9 Å². The first-order chi connectivity index (χ1) is 13.9. The molecule has 1 saturated heterocycles. The van der Waals surface area contributed by atoms with Crippen LogP contribution in [0.15, 0.2) is 48.8 Å². The van der Waals surface area contributed by atoms with Crippen LogP contribution in [0.3, 0.4) is 0 Å². The van der Waals surface area contributed by atoms with Crippen molar-refractivity contribution < 1.29 is 4.79 Å². The molecule has 29 heavy (non-hydrogen) atoms. The molecule has 3 heterocycles. The van der Waals surface area contributed by atoms with E-state index in [1.54, 1.807) is 0 Å². The maximum absolute atomic E-state index is 13.9. The molecule has 1 aliphatic heterocycles. The molecule has 3 aliphatic rings. The lowest BCUT2D eigenvalue weighted by atomic mass is 9.86. The van der Waals surface area contributed by atoms with E-state index in [0.717, 1.165) is 31.5 Å². The van der Waals surface area contributed by atoms with Crippen LogP contribution in [-0.4, -0.2) is 33.4 Å². The second-order valence-electron chi connectivity index (χ2n) is 10.1. The molecule has 148 valence electrons. The van der Waals surface area contributed by atoms with E-state index in [2.05, 4.69) is 72.2 Å². The van der Waals surface area contributed by atoms with Gasteiger partial charge in [0.05, 0.1) is 5.41 Å². The molecule has 2 saturated carbocycles. The van der Waals surface area contributed by atoms with Crippen molar-refractivity contribution in [2.45, 2.75) is 56.9 Å². The highest BCUT2D eigenvalue weighted by Crippen LogP contribution is 2.68. The number of nitrogens with zero attached hydrogens (tertiary/aromatic N) is 2. The van der Waals surface area contributed by atoms with Crippen LogP contribution in [0.2, 0.25) is 0 Å².